The van der Waals surface area contributed by atoms with Crippen molar-refractivity contribution in [3.05, 3.63) is 41.0 Å². The van der Waals surface area contributed by atoms with Crippen molar-refractivity contribution in [2.24, 2.45) is 11.8 Å². The summed E-state index contributed by atoms with van der Waals surface area (Å²) < 4.78 is 0. The third-order valence-corrected chi connectivity index (χ3v) is 4.70. The molecule has 3 heteroatoms. The maximum absolute atomic E-state index is 12.6. The summed E-state index contributed by atoms with van der Waals surface area (Å²) in [6.07, 6.45) is 1.45. The molecular weight excluding hydrogens is 250 g/mol. The Balaban J connectivity index is 2.00. The number of allylic oxidation sites excluding steroid dienone is 2. The molecule has 1 aromatic carbocycles. The van der Waals surface area contributed by atoms with Crippen molar-refractivity contribution in [2.45, 2.75) is 33.6 Å². The molecule has 0 radical (unpaired) electrons. The van der Waals surface area contributed by atoms with Crippen LogP contribution in [0.5, 0.6) is 0 Å². The molecule has 0 unspecified atom stereocenters. The highest BCUT2D eigenvalue weighted by Crippen LogP contribution is 2.42. The van der Waals surface area contributed by atoms with Crippen LogP contribution >= 0.6 is 0 Å². The Morgan fingerprint density at radius 2 is 1.40 bits per heavy atom. The Hall–Kier alpha value is -1.90. The Kier molecular flexibility index (Phi) is 3.00. The van der Waals surface area contributed by atoms with Crippen molar-refractivity contribution >= 4 is 17.5 Å². The van der Waals surface area contributed by atoms with E-state index < -0.39 is 0 Å². The predicted octanol–water partition coefficient (Wildman–Crippen LogP) is 3.23. The fourth-order valence-electron chi connectivity index (χ4n) is 3.30. The topological polar surface area (TPSA) is 37.4 Å². The van der Waals surface area contributed by atoms with E-state index in [1.807, 2.05) is 31.2 Å². The average Bonchev–Trinajstić information content (AvgIpc) is 2.64. The van der Waals surface area contributed by atoms with Crippen LogP contribution in [-0.4, -0.2) is 11.8 Å². The van der Waals surface area contributed by atoms with Crippen LogP contribution in [0.25, 0.3) is 0 Å². The number of benzene rings is 1. The van der Waals surface area contributed by atoms with E-state index in [4.69, 9.17) is 0 Å². The van der Waals surface area contributed by atoms with Gasteiger partial charge in [-0.15, -0.1) is 0 Å². The zero-order valence-electron chi connectivity index (χ0n) is 12.1. The SMILES string of the molecule is CC1=C(C)C[C@@H]2C(=O)N(c3ccccc3C)C(=O)[C@H]2C1. The third kappa shape index (κ3) is 1.80. The number of hydrogen-bond donors (Lipinski definition) is 0. The molecule has 0 spiro atoms. The maximum atomic E-state index is 12.6. The first-order valence-corrected chi connectivity index (χ1v) is 7.09. The van der Waals surface area contributed by atoms with Crippen molar-refractivity contribution in [3.8, 4) is 0 Å². The fraction of sp³-hybridized carbons (Fsp3) is 0.412. The summed E-state index contributed by atoms with van der Waals surface area (Å²) in [5.41, 5.74) is 4.24. The van der Waals surface area contributed by atoms with Gasteiger partial charge in [-0.2, -0.15) is 0 Å². The first kappa shape index (κ1) is 13.1. The van der Waals surface area contributed by atoms with Gasteiger partial charge in [0.1, 0.15) is 0 Å². The number of nitrogens with zero attached hydrogens (tertiary/aromatic N) is 1. The van der Waals surface area contributed by atoms with Crippen LogP contribution in [0.3, 0.4) is 0 Å². The zero-order valence-corrected chi connectivity index (χ0v) is 12.1. The van der Waals surface area contributed by atoms with Crippen LogP contribution in [0.4, 0.5) is 5.69 Å². The van der Waals surface area contributed by atoms with Crippen LogP contribution in [0.2, 0.25) is 0 Å². The second-order valence-electron chi connectivity index (χ2n) is 5.98. The molecular formula is C17H19NO2. The highest BCUT2D eigenvalue weighted by atomic mass is 16.2. The summed E-state index contributed by atoms with van der Waals surface area (Å²) >= 11 is 0. The molecule has 2 amide bonds. The van der Waals surface area contributed by atoms with E-state index in [2.05, 4.69) is 13.8 Å². The van der Waals surface area contributed by atoms with Crippen LogP contribution < -0.4 is 4.90 Å². The Bertz CT molecular complexity index is 598. The lowest BCUT2D eigenvalue weighted by atomic mass is 9.78. The number of rotatable bonds is 1. The molecule has 0 aromatic heterocycles. The van der Waals surface area contributed by atoms with Gasteiger partial charge in [-0.25, -0.2) is 4.90 Å². The molecule has 3 rings (SSSR count). The average molecular weight is 269 g/mol. The van der Waals surface area contributed by atoms with Gasteiger partial charge in [-0.3, -0.25) is 9.59 Å². The summed E-state index contributed by atoms with van der Waals surface area (Å²) in [5, 5.41) is 0. The molecule has 1 aliphatic carbocycles. The van der Waals surface area contributed by atoms with Gasteiger partial charge in [0.15, 0.2) is 0 Å². The van der Waals surface area contributed by atoms with E-state index in [9.17, 15) is 9.59 Å². The number of aryl methyl sites for hydroxylation is 1. The summed E-state index contributed by atoms with van der Waals surface area (Å²) in [7, 11) is 0. The molecule has 3 nitrogen and oxygen atoms in total. The normalized spacial score (nSPS) is 26.2. The second kappa shape index (κ2) is 4.58. The summed E-state index contributed by atoms with van der Waals surface area (Å²) in [4.78, 5) is 26.7. The smallest absolute Gasteiger partial charge is 0.238 e. The predicted molar refractivity (Wildman–Crippen MR) is 78.3 cm³/mol. The molecule has 1 heterocycles. The Morgan fingerprint density at radius 1 is 0.900 bits per heavy atom. The molecule has 20 heavy (non-hydrogen) atoms. The lowest BCUT2D eigenvalue weighted by Gasteiger charge is -2.23. The van der Waals surface area contributed by atoms with E-state index in [1.165, 1.54) is 16.0 Å². The number of amides is 2. The molecule has 1 aliphatic heterocycles. The minimum Gasteiger partial charge on any atom is -0.274 e. The van der Waals surface area contributed by atoms with E-state index >= 15 is 0 Å². The largest absolute Gasteiger partial charge is 0.274 e. The van der Waals surface area contributed by atoms with Gasteiger partial charge in [0.2, 0.25) is 11.8 Å². The van der Waals surface area contributed by atoms with Crippen molar-refractivity contribution in [2.75, 3.05) is 4.90 Å². The summed E-state index contributed by atoms with van der Waals surface area (Å²) in [5.74, 6) is -0.376. The highest BCUT2D eigenvalue weighted by Gasteiger charge is 2.49. The molecule has 2 aliphatic rings. The van der Waals surface area contributed by atoms with Gasteiger partial charge in [-0.1, -0.05) is 29.3 Å². The van der Waals surface area contributed by atoms with Crippen LogP contribution in [0, 0.1) is 18.8 Å². The van der Waals surface area contributed by atoms with E-state index in [0.717, 1.165) is 24.1 Å². The van der Waals surface area contributed by atoms with E-state index in [0.29, 0.717) is 0 Å². The number of carbonyl (C=O) groups is 2. The highest BCUT2D eigenvalue weighted by molar-refractivity contribution is 6.22. The van der Waals surface area contributed by atoms with Gasteiger partial charge in [0, 0.05) is 0 Å². The fourth-order valence-corrected chi connectivity index (χ4v) is 3.30. The molecule has 2 atom stereocenters. The first-order chi connectivity index (χ1) is 9.50. The lowest BCUT2D eigenvalue weighted by molar-refractivity contribution is -0.122. The monoisotopic (exact) mass is 269 g/mol. The summed E-state index contributed by atoms with van der Waals surface area (Å²) in [6, 6.07) is 7.59. The van der Waals surface area contributed by atoms with Gasteiger partial charge in [0.25, 0.3) is 0 Å². The molecule has 0 N–H and O–H groups in total. The van der Waals surface area contributed by atoms with Gasteiger partial charge in [0.05, 0.1) is 17.5 Å². The maximum Gasteiger partial charge on any atom is 0.238 e. The van der Waals surface area contributed by atoms with Gasteiger partial charge in [-0.05, 0) is 45.2 Å². The molecule has 0 saturated carbocycles. The van der Waals surface area contributed by atoms with Crippen molar-refractivity contribution in [1.82, 2.24) is 0 Å². The van der Waals surface area contributed by atoms with Crippen molar-refractivity contribution < 1.29 is 9.59 Å². The zero-order chi connectivity index (χ0) is 14.4. The van der Waals surface area contributed by atoms with E-state index in [1.54, 1.807) is 0 Å². The minimum atomic E-state index is -0.161. The van der Waals surface area contributed by atoms with Crippen LogP contribution in [0.1, 0.15) is 32.3 Å². The molecule has 0 bridgehead atoms. The van der Waals surface area contributed by atoms with Crippen molar-refractivity contribution in [3.63, 3.8) is 0 Å². The second-order valence-corrected chi connectivity index (χ2v) is 5.98. The number of carbonyl (C=O) groups excluding carboxylic acids is 2. The van der Waals surface area contributed by atoms with Crippen LogP contribution in [-0.2, 0) is 9.59 Å². The number of hydrogen-bond acceptors (Lipinski definition) is 2. The minimum absolute atomic E-state index is 0.0267. The Morgan fingerprint density at radius 3 is 1.90 bits per heavy atom. The number of para-hydroxylation sites is 1. The quantitative estimate of drug-likeness (QED) is 0.580. The number of imide groups is 1. The van der Waals surface area contributed by atoms with Crippen LogP contribution in [0.15, 0.2) is 35.4 Å². The molecule has 104 valence electrons. The first-order valence-electron chi connectivity index (χ1n) is 7.09. The van der Waals surface area contributed by atoms with E-state index in [-0.39, 0.29) is 23.7 Å². The summed E-state index contributed by atoms with van der Waals surface area (Å²) in [6.45, 7) is 6.08. The standard InChI is InChI=1S/C17H19NO2/c1-10-6-4-5-7-15(10)18-16(19)13-8-11(2)12(3)9-14(13)17(18)20/h4-7,13-14H,8-9H2,1-3H3/t13-,14-/m0/s1. The third-order valence-electron chi connectivity index (χ3n) is 4.70. The van der Waals surface area contributed by atoms with Crippen molar-refractivity contribution in [1.29, 1.82) is 0 Å². The molecule has 1 saturated heterocycles. The Labute approximate surface area is 119 Å². The van der Waals surface area contributed by atoms with Gasteiger partial charge >= 0.3 is 0 Å². The van der Waals surface area contributed by atoms with Gasteiger partial charge < -0.3 is 0 Å². The number of fused-ring (bicyclic) bond motifs is 1. The molecule has 1 fully saturated rings. The molecule has 1 aromatic rings. The lowest BCUT2D eigenvalue weighted by Crippen LogP contribution is -2.31. The number of anilines is 1.